The summed E-state index contributed by atoms with van der Waals surface area (Å²) in [4.78, 5) is 26.8. The van der Waals surface area contributed by atoms with Gasteiger partial charge in [-0.15, -0.1) is 0 Å². The van der Waals surface area contributed by atoms with E-state index in [0.29, 0.717) is 31.6 Å². The summed E-state index contributed by atoms with van der Waals surface area (Å²) in [6, 6.07) is 2.31. The second kappa shape index (κ2) is 7.18. The first-order chi connectivity index (χ1) is 13.0. The zero-order valence-electron chi connectivity index (χ0n) is 14.5. The Labute approximate surface area is 163 Å². The minimum Gasteiger partial charge on any atom is -0.342 e. The zero-order chi connectivity index (χ0) is 19.1. The largest absolute Gasteiger partial charge is 0.342 e. The number of halogens is 3. The normalized spacial score (nSPS) is 24.8. The molecular formula is C18H19BrF2N4O2. The first-order valence-corrected chi connectivity index (χ1v) is 9.77. The van der Waals surface area contributed by atoms with Gasteiger partial charge in [0.15, 0.2) is 24.1 Å². The maximum Gasteiger partial charge on any atom is 0.225 e. The number of benzene rings is 1. The van der Waals surface area contributed by atoms with Gasteiger partial charge < -0.3 is 4.90 Å². The molecule has 1 aliphatic carbocycles. The molecule has 3 aliphatic rings. The van der Waals surface area contributed by atoms with Crippen LogP contribution in [-0.4, -0.2) is 42.2 Å². The number of anilines is 1. The molecule has 6 nitrogen and oxygen atoms in total. The minimum absolute atomic E-state index is 0.141. The molecule has 1 aromatic rings. The molecule has 0 radical (unpaired) electrons. The average molecular weight is 441 g/mol. The molecule has 2 heterocycles. The van der Waals surface area contributed by atoms with Crippen molar-refractivity contribution in [3.63, 3.8) is 0 Å². The third kappa shape index (κ3) is 3.56. The van der Waals surface area contributed by atoms with Gasteiger partial charge in [-0.2, -0.15) is 5.10 Å². The summed E-state index contributed by atoms with van der Waals surface area (Å²) in [7, 11) is 0. The molecule has 27 heavy (non-hydrogen) atoms. The van der Waals surface area contributed by atoms with Gasteiger partial charge in [0.05, 0.1) is 0 Å². The van der Waals surface area contributed by atoms with Crippen molar-refractivity contribution in [2.75, 3.05) is 18.0 Å². The molecule has 2 atom stereocenters. The van der Waals surface area contributed by atoms with Crippen LogP contribution in [0.1, 0.15) is 25.7 Å². The molecule has 1 aromatic carbocycles. The highest BCUT2D eigenvalue weighted by Gasteiger charge is 2.39. The number of carbonyl (C=O) groups is 2. The molecule has 9 heteroatoms. The first-order valence-electron chi connectivity index (χ1n) is 8.98. The van der Waals surface area contributed by atoms with Crippen LogP contribution in [0.25, 0.3) is 0 Å². The number of hydrogen-bond acceptors (Lipinski definition) is 5. The fourth-order valence-corrected chi connectivity index (χ4v) is 4.13. The summed E-state index contributed by atoms with van der Waals surface area (Å²) in [6.07, 6.45) is 2.77. The van der Waals surface area contributed by atoms with Gasteiger partial charge in [-0.25, -0.2) is 8.78 Å². The summed E-state index contributed by atoms with van der Waals surface area (Å²) in [5.74, 6) is -0.627. The van der Waals surface area contributed by atoms with Gasteiger partial charge in [0.2, 0.25) is 5.91 Å². The van der Waals surface area contributed by atoms with Crippen molar-refractivity contribution in [3.8, 4) is 0 Å². The van der Waals surface area contributed by atoms with Crippen LogP contribution in [0.2, 0.25) is 0 Å². The van der Waals surface area contributed by atoms with Crippen molar-refractivity contribution in [1.29, 1.82) is 0 Å². The van der Waals surface area contributed by atoms with Crippen LogP contribution >= 0.6 is 15.9 Å². The second-order valence-electron chi connectivity index (χ2n) is 7.24. The highest BCUT2D eigenvalue weighted by molar-refractivity contribution is 9.10. The van der Waals surface area contributed by atoms with Gasteiger partial charge >= 0.3 is 0 Å². The summed E-state index contributed by atoms with van der Waals surface area (Å²) in [5, 5.41) is 4.14. The van der Waals surface area contributed by atoms with Gasteiger partial charge in [-0.1, -0.05) is 15.9 Å². The number of rotatable bonds is 5. The Hall–Kier alpha value is -2.03. The van der Waals surface area contributed by atoms with Crippen LogP contribution in [0.3, 0.4) is 0 Å². The average Bonchev–Trinajstić information content (AvgIpc) is 3.25. The van der Waals surface area contributed by atoms with E-state index in [1.54, 1.807) is 0 Å². The second-order valence-corrected chi connectivity index (χ2v) is 8.16. The standard InChI is InChI=1S/C18H19BrF2N4O2/c19-12-6-13(20)17(14(21)7-12)25-15(22-23-16(25)9-26)5-10-3-4-24(8-10)18(27)11-1-2-11/h6-7,9-11,16,23H,1-5,8H2/t10-,16?/m0/s1. The lowest BCUT2D eigenvalue weighted by molar-refractivity contribution is -0.131. The number of likely N-dealkylation sites (tertiary alicyclic amines) is 1. The van der Waals surface area contributed by atoms with E-state index in [4.69, 9.17) is 0 Å². The predicted octanol–water partition coefficient (Wildman–Crippen LogP) is 2.62. The van der Waals surface area contributed by atoms with E-state index in [-0.39, 0.29) is 27.9 Å². The SMILES string of the molecule is O=CC1NN=C(C[C@@H]2CCN(C(=O)C3CC3)C2)N1c1c(F)cc(Br)cc1F. The summed E-state index contributed by atoms with van der Waals surface area (Å²) in [6.45, 7) is 1.30. The van der Waals surface area contributed by atoms with E-state index in [2.05, 4.69) is 26.5 Å². The summed E-state index contributed by atoms with van der Waals surface area (Å²) < 4.78 is 29.2. The quantitative estimate of drug-likeness (QED) is 0.714. The number of amides is 1. The van der Waals surface area contributed by atoms with Gasteiger partial charge in [0.25, 0.3) is 0 Å². The third-order valence-corrected chi connectivity index (χ3v) is 5.69. The van der Waals surface area contributed by atoms with E-state index < -0.39 is 17.8 Å². The van der Waals surface area contributed by atoms with Crippen LogP contribution < -0.4 is 10.3 Å². The monoisotopic (exact) mass is 440 g/mol. The van der Waals surface area contributed by atoms with Crippen molar-refractivity contribution in [3.05, 3.63) is 28.2 Å². The highest BCUT2D eigenvalue weighted by atomic mass is 79.9. The number of nitrogens with one attached hydrogen (secondary N) is 1. The van der Waals surface area contributed by atoms with Crippen molar-refractivity contribution in [2.45, 2.75) is 31.8 Å². The molecule has 1 saturated heterocycles. The maximum atomic E-state index is 14.5. The molecule has 2 aliphatic heterocycles. The topological polar surface area (TPSA) is 65.0 Å². The number of carbonyl (C=O) groups excluding carboxylic acids is 2. The lowest BCUT2D eigenvalue weighted by Gasteiger charge is -2.26. The molecular weight excluding hydrogens is 422 g/mol. The zero-order valence-corrected chi connectivity index (χ0v) is 16.1. The van der Waals surface area contributed by atoms with E-state index >= 15 is 0 Å². The lowest BCUT2D eigenvalue weighted by Crippen LogP contribution is -2.43. The van der Waals surface area contributed by atoms with Gasteiger partial charge in [-0.05, 0) is 37.3 Å². The molecule has 144 valence electrons. The number of nitrogens with zero attached hydrogens (tertiary/aromatic N) is 3. The fourth-order valence-electron chi connectivity index (χ4n) is 3.73. The molecule has 1 N–H and O–H groups in total. The van der Waals surface area contributed by atoms with Crippen molar-refractivity contribution in [2.24, 2.45) is 16.9 Å². The highest BCUT2D eigenvalue weighted by Crippen LogP contribution is 2.35. The molecule has 0 spiro atoms. The van der Waals surface area contributed by atoms with Crippen molar-refractivity contribution in [1.82, 2.24) is 10.3 Å². The fraction of sp³-hybridized carbons (Fsp3) is 0.500. The Morgan fingerprint density at radius 2 is 2.00 bits per heavy atom. The molecule has 1 unspecified atom stereocenters. The number of aldehydes is 1. The molecule has 2 fully saturated rings. The Morgan fingerprint density at radius 1 is 1.30 bits per heavy atom. The molecule has 0 bridgehead atoms. The van der Waals surface area contributed by atoms with Crippen LogP contribution in [0, 0.1) is 23.5 Å². The van der Waals surface area contributed by atoms with E-state index in [0.717, 1.165) is 31.4 Å². The van der Waals surface area contributed by atoms with Crippen LogP contribution in [-0.2, 0) is 9.59 Å². The Bertz CT molecular complexity index is 792. The lowest BCUT2D eigenvalue weighted by atomic mass is 10.0. The van der Waals surface area contributed by atoms with Crippen molar-refractivity contribution < 1.29 is 18.4 Å². The van der Waals surface area contributed by atoms with E-state index in [1.165, 1.54) is 4.90 Å². The van der Waals surface area contributed by atoms with E-state index in [9.17, 15) is 18.4 Å². The minimum atomic E-state index is -0.962. The summed E-state index contributed by atoms with van der Waals surface area (Å²) in [5.41, 5.74) is 2.33. The Kier molecular flexibility index (Phi) is 4.88. The van der Waals surface area contributed by atoms with Gasteiger partial charge in [0.1, 0.15) is 11.5 Å². The number of hydrazone groups is 1. The van der Waals surface area contributed by atoms with Crippen LogP contribution in [0.5, 0.6) is 0 Å². The van der Waals surface area contributed by atoms with Crippen LogP contribution in [0.15, 0.2) is 21.7 Å². The first kappa shape index (κ1) is 18.3. The molecule has 0 aromatic heterocycles. The number of amidine groups is 1. The molecule has 4 rings (SSSR count). The smallest absolute Gasteiger partial charge is 0.225 e. The van der Waals surface area contributed by atoms with Gasteiger partial charge in [0, 0.05) is 29.9 Å². The van der Waals surface area contributed by atoms with Gasteiger partial charge in [-0.3, -0.25) is 19.9 Å². The maximum absolute atomic E-state index is 14.5. The Morgan fingerprint density at radius 3 is 2.63 bits per heavy atom. The molecule has 1 saturated carbocycles. The van der Waals surface area contributed by atoms with E-state index in [1.807, 2.05) is 4.90 Å². The van der Waals surface area contributed by atoms with Crippen molar-refractivity contribution >= 4 is 39.6 Å². The van der Waals surface area contributed by atoms with Crippen LogP contribution in [0.4, 0.5) is 14.5 Å². The predicted molar refractivity (Wildman–Crippen MR) is 99.0 cm³/mol. The third-order valence-electron chi connectivity index (χ3n) is 5.23. The summed E-state index contributed by atoms with van der Waals surface area (Å²) >= 11 is 3.06. The number of hydrogen-bond donors (Lipinski definition) is 1. The Balaban J connectivity index is 1.52. The molecule has 1 amide bonds.